The zero-order chi connectivity index (χ0) is 17.6. The van der Waals surface area contributed by atoms with Crippen molar-refractivity contribution < 1.29 is 4.79 Å². The van der Waals surface area contributed by atoms with Crippen LogP contribution in [0.3, 0.4) is 0 Å². The van der Waals surface area contributed by atoms with Crippen molar-refractivity contribution in [3.63, 3.8) is 0 Å². The first-order valence-corrected chi connectivity index (χ1v) is 9.90. The summed E-state index contributed by atoms with van der Waals surface area (Å²) < 4.78 is 0. The van der Waals surface area contributed by atoms with Gasteiger partial charge in [-0.3, -0.25) is 4.79 Å². The molecule has 0 aromatic heterocycles. The Morgan fingerprint density at radius 3 is 2.12 bits per heavy atom. The zero-order valence-electron chi connectivity index (χ0n) is 16.3. The molecule has 138 valence electrons. The smallest absolute Gasteiger partial charge is 0.232 e. The Labute approximate surface area is 148 Å². The second-order valence-corrected chi connectivity index (χ2v) is 7.74. The molecule has 0 aliphatic carbocycles. The first-order chi connectivity index (χ1) is 11.5. The molecule has 4 heteroatoms. The summed E-state index contributed by atoms with van der Waals surface area (Å²) in [5.41, 5.74) is -0.321. The fourth-order valence-corrected chi connectivity index (χ4v) is 4.04. The van der Waals surface area contributed by atoms with Gasteiger partial charge in [-0.25, -0.2) is 0 Å². The molecule has 2 saturated heterocycles. The molecule has 24 heavy (non-hydrogen) atoms. The summed E-state index contributed by atoms with van der Waals surface area (Å²) in [5, 5.41) is 0. The zero-order valence-corrected chi connectivity index (χ0v) is 16.3. The SMILES string of the molecule is C/C=C\C(C)(CC)C(=O)N1CCC(CN2CCN(CC)CC2)CC1. The van der Waals surface area contributed by atoms with Crippen LogP contribution in [0.5, 0.6) is 0 Å². The summed E-state index contributed by atoms with van der Waals surface area (Å²) in [6, 6.07) is 0. The van der Waals surface area contributed by atoms with Crippen LogP contribution in [0, 0.1) is 11.3 Å². The van der Waals surface area contributed by atoms with Gasteiger partial charge in [-0.15, -0.1) is 0 Å². The summed E-state index contributed by atoms with van der Waals surface area (Å²) in [5.74, 6) is 1.08. The summed E-state index contributed by atoms with van der Waals surface area (Å²) >= 11 is 0. The molecular weight excluding hydrogens is 298 g/mol. The lowest BCUT2D eigenvalue weighted by molar-refractivity contribution is -0.140. The minimum absolute atomic E-state index is 0.318. The van der Waals surface area contributed by atoms with Gasteiger partial charge in [0.1, 0.15) is 0 Å². The first kappa shape index (κ1) is 19.5. The Morgan fingerprint density at radius 2 is 1.62 bits per heavy atom. The van der Waals surface area contributed by atoms with E-state index in [2.05, 4.69) is 41.5 Å². The molecule has 0 spiro atoms. The van der Waals surface area contributed by atoms with Crippen LogP contribution in [0.25, 0.3) is 0 Å². The minimum Gasteiger partial charge on any atom is -0.342 e. The molecule has 0 aromatic carbocycles. The maximum atomic E-state index is 12.9. The second-order valence-electron chi connectivity index (χ2n) is 7.74. The Kier molecular flexibility index (Phi) is 7.30. The molecule has 2 heterocycles. The number of carbonyl (C=O) groups excluding carboxylic acids is 1. The van der Waals surface area contributed by atoms with Gasteiger partial charge in [0.2, 0.25) is 5.91 Å². The lowest BCUT2D eigenvalue weighted by atomic mass is 9.84. The van der Waals surface area contributed by atoms with Crippen LogP contribution in [-0.4, -0.2) is 73.0 Å². The van der Waals surface area contributed by atoms with Crippen molar-refractivity contribution in [3.05, 3.63) is 12.2 Å². The maximum Gasteiger partial charge on any atom is 0.232 e. The number of likely N-dealkylation sites (tertiary alicyclic amines) is 1. The highest BCUT2D eigenvalue weighted by atomic mass is 16.2. The average molecular weight is 336 g/mol. The van der Waals surface area contributed by atoms with E-state index in [0.717, 1.165) is 38.3 Å². The molecule has 4 nitrogen and oxygen atoms in total. The largest absolute Gasteiger partial charge is 0.342 e. The molecule has 2 fully saturated rings. The third-order valence-electron chi connectivity index (χ3n) is 6.09. The number of rotatable bonds is 6. The Hall–Kier alpha value is -0.870. The molecule has 0 aromatic rings. The van der Waals surface area contributed by atoms with Crippen LogP contribution < -0.4 is 0 Å². The number of piperidine rings is 1. The minimum atomic E-state index is -0.321. The molecular formula is C20H37N3O. The third-order valence-corrected chi connectivity index (χ3v) is 6.09. The van der Waals surface area contributed by atoms with E-state index >= 15 is 0 Å². The van der Waals surface area contributed by atoms with E-state index in [9.17, 15) is 4.79 Å². The van der Waals surface area contributed by atoms with Crippen LogP contribution in [0.1, 0.15) is 47.0 Å². The van der Waals surface area contributed by atoms with Gasteiger partial charge in [-0.1, -0.05) is 26.0 Å². The summed E-state index contributed by atoms with van der Waals surface area (Å²) in [6.07, 6.45) is 7.29. The predicted octanol–water partition coefficient (Wildman–Crippen LogP) is 2.85. The van der Waals surface area contributed by atoms with Crippen molar-refractivity contribution in [1.82, 2.24) is 14.7 Å². The van der Waals surface area contributed by atoms with E-state index < -0.39 is 0 Å². The van der Waals surface area contributed by atoms with E-state index in [4.69, 9.17) is 0 Å². The van der Waals surface area contributed by atoms with Crippen LogP contribution >= 0.6 is 0 Å². The summed E-state index contributed by atoms with van der Waals surface area (Å²) in [4.78, 5) is 20.1. The number of amides is 1. The highest BCUT2D eigenvalue weighted by Gasteiger charge is 2.34. The maximum absolute atomic E-state index is 12.9. The van der Waals surface area contributed by atoms with Crippen molar-refractivity contribution in [3.8, 4) is 0 Å². The number of hydrogen-bond donors (Lipinski definition) is 0. The molecule has 2 rings (SSSR count). The molecule has 1 amide bonds. The standard InChI is InChI=1S/C20H37N3O/c1-5-10-20(4,6-2)19(24)23-11-8-18(9-12-23)17-22-15-13-21(7-3)14-16-22/h5,10,18H,6-9,11-17H2,1-4H3/b10-5-. The second kappa shape index (κ2) is 9.00. The fourth-order valence-electron chi connectivity index (χ4n) is 4.04. The van der Waals surface area contributed by atoms with E-state index in [-0.39, 0.29) is 5.41 Å². The lowest BCUT2D eigenvalue weighted by Gasteiger charge is -2.40. The topological polar surface area (TPSA) is 26.8 Å². The number of nitrogens with zero attached hydrogens (tertiary/aromatic N) is 3. The van der Waals surface area contributed by atoms with Crippen molar-refractivity contribution in [2.24, 2.45) is 11.3 Å². The summed E-state index contributed by atoms with van der Waals surface area (Å²) in [6.45, 7) is 17.6. The fraction of sp³-hybridized carbons (Fsp3) is 0.850. The van der Waals surface area contributed by atoms with Gasteiger partial charge in [0, 0.05) is 45.8 Å². The van der Waals surface area contributed by atoms with Gasteiger partial charge in [-0.05, 0) is 45.6 Å². The molecule has 1 unspecified atom stereocenters. The van der Waals surface area contributed by atoms with Crippen LogP contribution in [0.4, 0.5) is 0 Å². The molecule has 0 N–H and O–H groups in total. The Morgan fingerprint density at radius 1 is 1.04 bits per heavy atom. The Balaban J connectivity index is 1.78. The van der Waals surface area contributed by atoms with Gasteiger partial charge in [0.05, 0.1) is 5.41 Å². The van der Waals surface area contributed by atoms with Gasteiger partial charge >= 0.3 is 0 Å². The molecule has 2 aliphatic rings. The van der Waals surface area contributed by atoms with Crippen LogP contribution in [-0.2, 0) is 4.79 Å². The molecule has 0 bridgehead atoms. The van der Waals surface area contributed by atoms with Gasteiger partial charge in [0.15, 0.2) is 0 Å². The predicted molar refractivity (Wildman–Crippen MR) is 101 cm³/mol. The number of hydrogen-bond acceptors (Lipinski definition) is 3. The lowest BCUT2D eigenvalue weighted by Crippen LogP contribution is -2.50. The average Bonchev–Trinajstić information content (AvgIpc) is 2.62. The quantitative estimate of drug-likeness (QED) is 0.698. The van der Waals surface area contributed by atoms with E-state index in [1.165, 1.54) is 39.3 Å². The van der Waals surface area contributed by atoms with E-state index in [1.807, 2.05) is 13.0 Å². The molecule has 0 radical (unpaired) electrons. The monoisotopic (exact) mass is 335 g/mol. The highest BCUT2D eigenvalue weighted by Crippen LogP contribution is 2.29. The van der Waals surface area contributed by atoms with E-state index in [1.54, 1.807) is 0 Å². The van der Waals surface area contributed by atoms with Crippen molar-refractivity contribution in [1.29, 1.82) is 0 Å². The summed E-state index contributed by atoms with van der Waals surface area (Å²) in [7, 11) is 0. The molecule has 2 aliphatic heterocycles. The Bertz CT molecular complexity index is 421. The van der Waals surface area contributed by atoms with Crippen molar-refractivity contribution >= 4 is 5.91 Å². The van der Waals surface area contributed by atoms with Gasteiger partial charge in [0.25, 0.3) is 0 Å². The number of carbonyl (C=O) groups is 1. The van der Waals surface area contributed by atoms with Gasteiger partial charge < -0.3 is 14.7 Å². The van der Waals surface area contributed by atoms with E-state index in [0.29, 0.717) is 5.91 Å². The number of allylic oxidation sites excluding steroid dienone is 1. The van der Waals surface area contributed by atoms with Crippen molar-refractivity contribution in [2.75, 3.05) is 52.4 Å². The van der Waals surface area contributed by atoms with Crippen molar-refractivity contribution in [2.45, 2.75) is 47.0 Å². The number of likely N-dealkylation sites (N-methyl/N-ethyl adjacent to an activating group) is 1. The van der Waals surface area contributed by atoms with Crippen LogP contribution in [0.15, 0.2) is 12.2 Å². The van der Waals surface area contributed by atoms with Crippen LogP contribution in [0.2, 0.25) is 0 Å². The number of piperazine rings is 1. The first-order valence-electron chi connectivity index (χ1n) is 9.90. The highest BCUT2D eigenvalue weighted by molar-refractivity contribution is 5.84. The third kappa shape index (κ3) is 4.82. The molecule has 0 saturated carbocycles. The molecule has 1 atom stereocenters. The normalized spacial score (nSPS) is 24.4. The van der Waals surface area contributed by atoms with Gasteiger partial charge in [-0.2, -0.15) is 0 Å².